The molecule has 0 spiro atoms. The maximum absolute atomic E-state index is 12.0. The van der Waals surface area contributed by atoms with Crippen LogP contribution in [0.2, 0.25) is 0 Å². The maximum atomic E-state index is 12.0. The van der Waals surface area contributed by atoms with Crippen LogP contribution in [0.3, 0.4) is 0 Å². The van der Waals surface area contributed by atoms with Crippen molar-refractivity contribution in [3.63, 3.8) is 0 Å². The molecule has 0 aliphatic heterocycles. The van der Waals surface area contributed by atoms with Crippen molar-refractivity contribution in [2.45, 2.75) is 26.4 Å². The molecule has 1 amide bonds. The molecule has 1 heterocycles. The highest BCUT2D eigenvalue weighted by Gasteiger charge is 2.16. The Morgan fingerprint density at radius 3 is 2.43 bits per heavy atom. The molecule has 0 aliphatic carbocycles. The number of amides is 1. The molecule has 1 aromatic heterocycles. The summed E-state index contributed by atoms with van der Waals surface area (Å²) in [5.41, 5.74) is 2.96. The van der Waals surface area contributed by atoms with Crippen LogP contribution in [0.4, 0.5) is 0 Å². The molecule has 9 nitrogen and oxygen atoms in total. The monoisotopic (exact) mass is 416 g/mol. The van der Waals surface area contributed by atoms with Crippen LogP contribution in [0.1, 0.15) is 23.7 Å². The molecule has 30 heavy (non-hydrogen) atoms. The highest BCUT2D eigenvalue weighted by atomic mass is 16.5. The second kappa shape index (κ2) is 11.1. The molecule has 0 fully saturated rings. The average Bonchev–Trinajstić information content (AvgIpc) is 3.07. The van der Waals surface area contributed by atoms with Crippen LogP contribution in [0.15, 0.2) is 29.3 Å². The molecule has 2 aromatic rings. The van der Waals surface area contributed by atoms with Crippen LogP contribution < -0.4 is 20.1 Å². The normalized spacial score (nSPS) is 11.2. The van der Waals surface area contributed by atoms with Crippen LogP contribution in [0.5, 0.6) is 11.6 Å². The molecule has 0 unspecified atom stereocenters. The number of aryl methyl sites for hydroxylation is 2. The Balaban J connectivity index is 2.15. The van der Waals surface area contributed by atoms with Gasteiger partial charge in [0.15, 0.2) is 5.96 Å². The Bertz CT molecular complexity index is 858. The van der Waals surface area contributed by atoms with Crippen molar-refractivity contribution in [1.29, 1.82) is 0 Å². The summed E-state index contributed by atoms with van der Waals surface area (Å²) < 4.78 is 12.4. The van der Waals surface area contributed by atoms with Gasteiger partial charge >= 0.3 is 0 Å². The fraction of sp³-hybridized carbons (Fsp3) is 0.476. The van der Waals surface area contributed by atoms with Gasteiger partial charge in [-0.1, -0.05) is 19.1 Å². The number of hydrogen-bond acceptors (Lipinski definition) is 5. The van der Waals surface area contributed by atoms with E-state index in [9.17, 15) is 4.79 Å². The van der Waals surface area contributed by atoms with Crippen molar-refractivity contribution in [1.82, 2.24) is 25.3 Å². The van der Waals surface area contributed by atoms with E-state index in [4.69, 9.17) is 9.47 Å². The lowest BCUT2D eigenvalue weighted by molar-refractivity contribution is -0.127. The SMILES string of the molecule is CCc1nn(C)c(OC)c1CNC(=NCc1ccc(OC)cc1)NCC(=O)N(C)C. The first-order chi connectivity index (χ1) is 14.4. The van der Waals surface area contributed by atoms with Gasteiger partial charge in [0.05, 0.1) is 45.1 Å². The molecule has 0 saturated carbocycles. The first-order valence-corrected chi connectivity index (χ1v) is 9.83. The van der Waals surface area contributed by atoms with Gasteiger partial charge in [0, 0.05) is 21.1 Å². The number of aliphatic imine (C=N–C) groups is 1. The molecule has 2 rings (SSSR count). The molecule has 1 aromatic carbocycles. The van der Waals surface area contributed by atoms with Crippen molar-refractivity contribution in [2.24, 2.45) is 12.0 Å². The predicted molar refractivity (Wildman–Crippen MR) is 117 cm³/mol. The highest BCUT2D eigenvalue weighted by molar-refractivity contribution is 5.86. The van der Waals surface area contributed by atoms with Crippen molar-refractivity contribution in [3.8, 4) is 11.6 Å². The van der Waals surface area contributed by atoms with E-state index in [1.807, 2.05) is 31.3 Å². The molecule has 0 saturated heterocycles. The van der Waals surface area contributed by atoms with E-state index >= 15 is 0 Å². The number of guanidine groups is 1. The molecule has 9 heteroatoms. The van der Waals surface area contributed by atoms with Crippen molar-refractivity contribution in [2.75, 3.05) is 34.9 Å². The first-order valence-electron chi connectivity index (χ1n) is 9.83. The van der Waals surface area contributed by atoms with Crippen molar-refractivity contribution >= 4 is 11.9 Å². The summed E-state index contributed by atoms with van der Waals surface area (Å²) >= 11 is 0. The number of rotatable bonds is 9. The number of aromatic nitrogens is 2. The lowest BCUT2D eigenvalue weighted by Crippen LogP contribution is -2.42. The number of nitrogens with one attached hydrogen (secondary N) is 2. The second-order valence-electron chi connectivity index (χ2n) is 6.92. The Labute approximate surface area is 178 Å². The van der Waals surface area contributed by atoms with Gasteiger partial charge in [-0.05, 0) is 24.1 Å². The van der Waals surface area contributed by atoms with Gasteiger partial charge in [-0.25, -0.2) is 9.67 Å². The minimum Gasteiger partial charge on any atom is -0.497 e. The number of benzene rings is 1. The van der Waals surface area contributed by atoms with Gasteiger partial charge < -0.3 is 25.0 Å². The van der Waals surface area contributed by atoms with Gasteiger partial charge in [0.25, 0.3) is 0 Å². The minimum atomic E-state index is -0.0397. The fourth-order valence-electron chi connectivity index (χ4n) is 2.89. The summed E-state index contributed by atoms with van der Waals surface area (Å²) in [4.78, 5) is 18.2. The van der Waals surface area contributed by atoms with Crippen LogP contribution in [0.25, 0.3) is 0 Å². The summed E-state index contributed by atoms with van der Waals surface area (Å²) in [6.45, 7) is 3.13. The molecule has 0 radical (unpaired) electrons. The molecule has 0 bridgehead atoms. The molecular weight excluding hydrogens is 384 g/mol. The summed E-state index contributed by atoms with van der Waals surface area (Å²) in [7, 11) is 8.57. The van der Waals surface area contributed by atoms with E-state index in [0.29, 0.717) is 24.9 Å². The standard InChI is InChI=1S/C21H32N6O3/c1-7-18-17(20(30-6)27(4)25-18)13-23-21(24-14-19(28)26(2)3)22-12-15-8-10-16(29-5)11-9-15/h8-11H,7,12-14H2,1-6H3,(H2,22,23,24). The van der Waals surface area contributed by atoms with E-state index in [2.05, 4.69) is 27.6 Å². The molecule has 0 atom stereocenters. The zero-order valence-electron chi connectivity index (χ0n) is 18.7. The summed E-state index contributed by atoms with van der Waals surface area (Å²) in [5.74, 6) is 2.00. The average molecular weight is 417 g/mol. The van der Waals surface area contributed by atoms with E-state index < -0.39 is 0 Å². The van der Waals surface area contributed by atoms with Gasteiger partial charge in [-0.2, -0.15) is 5.10 Å². The number of carbonyl (C=O) groups is 1. The lowest BCUT2D eigenvalue weighted by atomic mass is 10.2. The van der Waals surface area contributed by atoms with Crippen molar-refractivity contribution in [3.05, 3.63) is 41.1 Å². The third kappa shape index (κ3) is 6.13. The minimum absolute atomic E-state index is 0.0397. The van der Waals surface area contributed by atoms with Gasteiger partial charge in [-0.3, -0.25) is 4.79 Å². The fourth-order valence-corrected chi connectivity index (χ4v) is 2.89. The van der Waals surface area contributed by atoms with Crippen LogP contribution >= 0.6 is 0 Å². The van der Waals surface area contributed by atoms with E-state index in [0.717, 1.165) is 29.0 Å². The summed E-state index contributed by atoms with van der Waals surface area (Å²) in [6, 6.07) is 7.72. The van der Waals surface area contributed by atoms with Crippen LogP contribution in [-0.4, -0.2) is 61.4 Å². The van der Waals surface area contributed by atoms with E-state index in [1.165, 1.54) is 4.90 Å². The maximum Gasteiger partial charge on any atom is 0.241 e. The van der Waals surface area contributed by atoms with Gasteiger partial charge in [0.2, 0.25) is 11.8 Å². The van der Waals surface area contributed by atoms with Gasteiger partial charge in [-0.15, -0.1) is 0 Å². The summed E-state index contributed by atoms with van der Waals surface area (Å²) in [5, 5.41) is 10.9. The molecule has 2 N–H and O–H groups in total. The Kier molecular flexibility index (Phi) is 8.52. The third-order valence-electron chi connectivity index (χ3n) is 4.62. The summed E-state index contributed by atoms with van der Waals surface area (Å²) in [6.07, 6.45) is 0.791. The smallest absolute Gasteiger partial charge is 0.241 e. The van der Waals surface area contributed by atoms with Crippen LogP contribution in [-0.2, 0) is 31.4 Å². The first kappa shape index (κ1) is 23.1. The Morgan fingerprint density at radius 1 is 1.17 bits per heavy atom. The second-order valence-corrected chi connectivity index (χ2v) is 6.92. The quantitative estimate of drug-likeness (QED) is 0.473. The largest absolute Gasteiger partial charge is 0.497 e. The Morgan fingerprint density at radius 2 is 1.87 bits per heavy atom. The number of hydrogen-bond donors (Lipinski definition) is 2. The topological polar surface area (TPSA) is 93.0 Å². The molecule has 164 valence electrons. The Hall–Kier alpha value is -3.23. The number of likely N-dealkylation sites (N-methyl/N-ethyl adjacent to an activating group) is 1. The van der Waals surface area contributed by atoms with Gasteiger partial charge in [0.1, 0.15) is 5.75 Å². The zero-order chi connectivity index (χ0) is 22.1. The molecule has 0 aliphatic rings. The van der Waals surface area contributed by atoms with Crippen molar-refractivity contribution < 1.29 is 14.3 Å². The van der Waals surface area contributed by atoms with E-state index in [1.54, 1.807) is 33.0 Å². The number of ether oxygens (including phenoxy) is 2. The lowest BCUT2D eigenvalue weighted by Gasteiger charge is -2.15. The van der Waals surface area contributed by atoms with Crippen LogP contribution in [0, 0.1) is 0 Å². The predicted octanol–water partition coefficient (Wildman–Crippen LogP) is 1.32. The number of nitrogens with zero attached hydrogens (tertiary/aromatic N) is 4. The molecular formula is C21H32N6O3. The zero-order valence-corrected chi connectivity index (χ0v) is 18.7. The highest BCUT2D eigenvalue weighted by Crippen LogP contribution is 2.21. The third-order valence-corrected chi connectivity index (χ3v) is 4.62. The number of methoxy groups -OCH3 is 2. The number of carbonyl (C=O) groups excluding carboxylic acids is 1. The van der Waals surface area contributed by atoms with E-state index in [-0.39, 0.29) is 12.5 Å².